The summed E-state index contributed by atoms with van der Waals surface area (Å²) in [6.07, 6.45) is 2.63. The zero-order chi connectivity index (χ0) is 25.8. The lowest BCUT2D eigenvalue weighted by Crippen LogP contribution is -2.51. The van der Waals surface area contributed by atoms with E-state index in [9.17, 15) is 19.2 Å². The topological polar surface area (TPSA) is 122 Å². The van der Waals surface area contributed by atoms with Crippen LogP contribution in [0.3, 0.4) is 0 Å². The van der Waals surface area contributed by atoms with Crippen molar-refractivity contribution >= 4 is 29.1 Å². The van der Waals surface area contributed by atoms with Crippen molar-refractivity contribution in [1.29, 1.82) is 0 Å². The minimum absolute atomic E-state index is 0.153. The summed E-state index contributed by atoms with van der Waals surface area (Å²) in [6, 6.07) is 11.0. The van der Waals surface area contributed by atoms with Crippen LogP contribution in [0.25, 0.3) is 0 Å². The number of nitrogens with zero attached hydrogens (tertiary/aromatic N) is 1. The zero-order valence-corrected chi connectivity index (χ0v) is 20.9. The molecule has 0 spiro atoms. The Bertz CT molecular complexity index is 1180. The Hall–Kier alpha value is -3.52. The van der Waals surface area contributed by atoms with Gasteiger partial charge in [-0.3, -0.25) is 19.2 Å². The van der Waals surface area contributed by atoms with Gasteiger partial charge in [-0.2, -0.15) is 0 Å². The van der Waals surface area contributed by atoms with Crippen molar-refractivity contribution < 1.29 is 19.2 Å². The van der Waals surface area contributed by atoms with Crippen LogP contribution < -0.4 is 16.4 Å². The molecule has 8 heteroatoms. The van der Waals surface area contributed by atoms with Crippen molar-refractivity contribution in [1.82, 2.24) is 10.2 Å². The highest BCUT2D eigenvalue weighted by molar-refractivity contribution is 6.30. The van der Waals surface area contributed by atoms with E-state index in [1.165, 1.54) is 0 Å². The van der Waals surface area contributed by atoms with E-state index in [1.807, 2.05) is 13.8 Å². The molecule has 4 N–H and O–H groups in total. The number of nitrogens with two attached hydrogens (primary N) is 1. The Morgan fingerprint density at radius 3 is 2.42 bits per heavy atom. The maximum Gasteiger partial charge on any atom is 0.242 e. The second-order valence-corrected chi connectivity index (χ2v) is 9.93. The Labute approximate surface area is 211 Å². The molecule has 0 saturated carbocycles. The van der Waals surface area contributed by atoms with Gasteiger partial charge in [0.1, 0.15) is 6.04 Å². The number of carbonyl (C=O) groups is 4. The monoisotopic (exact) mass is 490 g/mol. The first-order chi connectivity index (χ1) is 17.3. The van der Waals surface area contributed by atoms with Crippen molar-refractivity contribution in [2.45, 2.75) is 51.6 Å². The quantitative estimate of drug-likeness (QED) is 0.397. The van der Waals surface area contributed by atoms with Crippen molar-refractivity contribution in [2.24, 2.45) is 11.7 Å². The van der Waals surface area contributed by atoms with Crippen molar-refractivity contribution in [3.8, 4) is 0 Å². The summed E-state index contributed by atoms with van der Waals surface area (Å²) in [6.45, 7) is 5.53. The first-order valence-electron chi connectivity index (χ1n) is 12.7. The third-order valence-corrected chi connectivity index (χ3v) is 6.80. The van der Waals surface area contributed by atoms with Gasteiger partial charge >= 0.3 is 0 Å². The summed E-state index contributed by atoms with van der Waals surface area (Å²) >= 11 is 0. The normalized spacial score (nSPS) is 17.6. The average Bonchev–Trinajstić information content (AvgIpc) is 3.36. The summed E-state index contributed by atoms with van der Waals surface area (Å²) in [7, 11) is 0. The zero-order valence-electron chi connectivity index (χ0n) is 20.9. The summed E-state index contributed by atoms with van der Waals surface area (Å²) < 4.78 is 0. The van der Waals surface area contributed by atoms with E-state index in [-0.39, 0.29) is 23.4 Å². The molecule has 2 aromatic carbocycles. The van der Waals surface area contributed by atoms with E-state index in [0.717, 1.165) is 6.42 Å². The van der Waals surface area contributed by atoms with E-state index in [4.69, 9.17) is 5.73 Å². The maximum atomic E-state index is 13.1. The van der Waals surface area contributed by atoms with Gasteiger partial charge in [0.25, 0.3) is 0 Å². The van der Waals surface area contributed by atoms with Gasteiger partial charge in [-0.1, -0.05) is 50.2 Å². The molecule has 1 fully saturated rings. The first kappa shape index (κ1) is 25.6. The van der Waals surface area contributed by atoms with Gasteiger partial charge in [0.15, 0.2) is 11.6 Å². The van der Waals surface area contributed by atoms with Crippen LogP contribution in [0.2, 0.25) is 0 Å². The number of amides is 2. The number of carbonyl (C=O) groups excluding carboxylic acids is 4. The molecular weight excluding hydrogens is 456 g/mol. The molecule has 1 saturated heterocycles. The molecular formula is C28H34N4O4. The van der Waals surface area contributed by atoms with E-state index >= 15 is 0 Å². The molecule has 2 atom stereocenters. The van der Waals surface area contributed by atoms with Gasteiger partial charge in [-0.15, -0.1) is 0 Å². The van der Waals surface area contributed by atoms with Crippen LogP contribution in [0.15, 0.2) is 42.5 Å². The molecule has 2 amide bonds. The van der Waals surface area contributed by atoms with Gasteiger partial charge < -0.3 is 21.3 Å². The number of ketones is 2. The van der Waals surface area contributed by atoms with Crippen LogP contribution in [0, 0.1) is 5.92 Å². The van der Waals surface area contributed by atoms with Crippen molar-refractivity contribution in [3.63, 3.8) is 0 Å². The van der Waals surface area contributed by atoms with E-state index in [0.29, 0.717) is 72.8 Å². The number of nitrogens with one attached hydrogen (secondary N) is 2. The number of rotatable bonds is 9. The molecule has 0 aromatic heterocycles. The number of benzene rings is 2. The predicted octanol–water partition coefficient (Wildman–Crippen LogP) is 2.74. The highest BCUT2D eigenvalue weighted by atomic mass is 16.2. The number of hydrogen-bond acceptors (Lipinski definition) is 6. The van der Waals surface area contributed by atoms with Crippen LogP contribution in [-0.4, -0.2) is 60.0 Å². The Morgan fingerprint density at radius 2 is 1.69 bits per heavy atom. The Kier molecular flexibility index (Phi) is 7.84. The third kappa shape index (κ3) is 5.18. The van der Waals surface area contributed by atoms with Gasteiger partial charge in [0.2, 0.25) is 11.8 Å². The highest BCUT2D eigenvalue weighted by Crippen LogP contribution is 2.31. The third-order valence-electron chi connectivity index (χ3n) is 6.80. The molecule has 2 aromatic rings. The molecule has 190 valence electrons. The van der Waals surface area contributed by atoms with Crippen molar-refractivity contribution in [3.05, 3.63) is 64.7 Å². The first-order valence-corrected chi connectivity index (χ1v) is 12.7. The lowest BCUT2D eigenvalue weighted by atomic mass is 9.83. The molecule has 0 bridgehead atoms. The Morgan fingerprint density at radius 1 is 1.00 bits per heavy atom. The fourth-order valence-corrected chi connectivity index (χ4v) is 5.06. The van der Waals surface area contributed by atoms with E-state index < -0.39 is 12.1 Å². The van der Waals surface area contributed by atoms with Gasteiger partial charge in [0.05, 0.1) is 11.6 Å². The number of hydrogen-bond donors (Lipinski definition) is 3. The molecule has 0 radical (unpaired) electrons. The lowest BCUT2D eigenvalue weighted by molar-refractivity contribution is -0.139. The second kappa shape index (κ2) is 11.0. The van der Waals surface area contributed by atoms with Gasteiger partial charge in [-0.25, -0.2) is 0 Å². The molecule has 1 aliphatic heterocycles. The molecule has 8 nitrogen and oxygen atoms in total. The Balaban J connectivity index is 1.30. The molecule has 1 heterocycles. The minimum atomic E-state index is -0.582. The number of likely N-dealkylation sites (tertiary alicyclic amines) is 1. The predicted molar refractivity (Wildman–Crippen MR) is 138 cm³/mol. The highest BCUT2D eigenvalue weighted by Gasteiger charge is 2.36. The fraction of sp³-hybridized carbons (Fsp3) is 0.429. The standard InChI is InChI=1S/C28H34N4O4/c1-17(2)16-21(29)28(36)32-15-6-12-23(32)27(35)31-14-7-13-30-22-11-5-10-20-24(22)26(34)19-9-4-3-8-18(19)25(20)33/h3-5,8-11,17,21,23,30H,6-7,12-16,29H2,1-2H3,(H,31,35)/t21-,23+/m0/s1. The molecule has 36 heavy (non-hydrogen) atoms. The summed E-state index contributed by atoms with van der Waals surface area (Å²) in [4.78, 5) is 53.1. The number of anilines is 1. The fourth-order valence-electron chi connectivity index (χ4n) is 5.06. The second-order valence-electron chi connectivity index (χ2n) is 9.93. The molecule has 4 rings (SSSR count). The smallest absolute Gasteiger partial charge is 0.242 e. The van der Waals surface area contributed by atoms with Gasteiger partial charge in [0, 0.05) is 42.0 Å². The SMILES string of the molecule is CC(C)C[C@H](N)C(=O)N1CCC[C@@H]1C(=O)NCCCNc1cccc2c1C(=O)c1ccccc1C2=O. The van der Waals surface area contributed by atoms with E-state index in [2.05, 4.69) is 10.6 Å². The minimum Gasteiger partial charge on any atom is -0.384 e. The van der Waals surface area contributed by atoms with E-state index in [1.54, 1.807) is 47.4 Å². The molecule has 0 unspecified atom stereocenters. The van der Waals surface area contributed by atoms with Crippen LogP contribution in [0.1, 0.15) is 71.4 Å². The van der Waals surface area contributed by atoms with Crippen LogP contribution in [0.4, 0.5) is 5.69 Å². The molecule has 1 aliphatic carbocycles. The maximum absolute atomic E-state index is 13.1. The average molecular weight is 491 g/mol. The van der Waals surface area contributed by atoms with Crippen LogP contribution in [0.5, 0.6) is 0 Å². The van der Waals surface area contributed by atoms with Gasteiger partial charge in [-0.05, 0) is 37.7 Å². The summed E-state index contributed by atoms with van der Waals surface area (Å²) in [5.74, 6) is -0.326. The van der Waals surface area contributed by atoms with Crippen LogP contribution >= 0.6 is 0 Å². The van der Waals surface area contributed by atoms with Crippen LogP contribution in [-0.2, 0) is 9.59 Å². The summed E-state index contributed by atoms with van der Waals surface area (Å²) in [5.41, 5.74) is 8.32. The molecule has 2 aliphatic rings. The lowest BCUT2D eigenvalue weighted by Gasteiger charge is -2.27. The summed E-state index contributed by atoms with van der Waals surface area (Å²) in [5, 5.41) is 6.18. The number of fused-ring (bicyclic) bond motifs is 2. The van der Waals surface area contributed by atoms with Crippen molar-refractivity contribution in [2.75, 3.05) is 25.0 Å². The largest absolute Gasteiger partial charge is 0.384 e.